The number of ketones is 1. The lowest BCUT2D eigenvalue weighted by Gasteiger charge is -2.19. The van der Waals surface area contributed by atoms with Crippen LogP contribution in [0.15, 0.2) is 24.3 Å². The van der Waals surface area contributed by atoms with E-state index in [9.17, 15) is 9.59 Å². The number of benzene rings is 1. The summed E-state index contributed by atoms with van der Waals surface area (Å²) in [4.78, 5) is 26.3. The van der Waals surface area contributed by atoms with Crippen LogP contribution in [0.1, 0.15) is 58.8 Å². The molecule has 0 aliphatic heterocycles. The molecule has 1 aromatic carbocycles. The van der Waals surface area contributed by atoms with Crippen LogP contribution in [-0.4, -0.2) is 39.5 Å². The molecule has 1 aliphatic rings. The Morgan fingerprint density at radius 1 is 1.17 bits per heavy atom. The first-order chi connectivity index (χ1) is 11.6. The molecular weight excluding hydrogens is 302 g/mol. The third-order valence-corrected chi connectivity index (χ3v) is 4.66. The molecule has 0 spiro atoms. The van der Waals surface area contributed by atoms with E-state index in [1.807, 2.05) is 49.7 Å². The number of hydrogen-bond donors (Lipinski definition) is 0. The second-order valence-corrected chi connectivity index (χ2v) is 6.12. The van der Waals surface area contributed by atoms with Crippen molar-refractivity contribution in [3.63, 3.8) is 0 Å². The minimum absolute atomic E-state index is 0.0420. The van der Waals surface area contributed by atoms with Gasteiger partial charge in [0.1, 0.15) is 0 Å². The van der Waals surface area contributed by atoms with Gasteiger partial charge in [0.15, 0.2) is 5.78 Å². The minimum atomic E-state index is 0.0420. The van der Waals surface area contributed by atoms with Crippen molar-refractivity contribution in [3.8, 4) is 5.69 Å². The molecule has 0 atom stereocenters. The number of carbonyl (C=O) groups excluding carboxylic acids is 2. The number of rotatable bonds is 4. The van der Waals surface area contributed by atoms with Gasteiger partial charge in [0.05, 0.1) is 22.6 Å². The molecule has 0 saturated heterocycles. The van der Waals surface area contributed by atoms with Gasteiger partial charge in [-0.3, -0.25) is 9.59 Å². The zero-order valence-corrected chi connectivity index (χ0v) is 14.5. The van der Waals surface area contributed by atoms with Crippen LogP contribution in [0.3, 0.4) is 0 Å². The van der Waals surface area contributed by atoms with Crippen molar-refractivity contribution in [1.29, 1.82) is 0 Å². The predicted molar refractivity (Wildman–Crippen MR) is 92.8 cm³/mol. The first-order valence-electron chi connectivity index (χ1n) is 8.58. The summed E-state index contributed by atoms with van der Waals surface area (Å²) >= 11 is 0. The lowest BCUT2D eigenvalue weighted by Crippen LogP contribution is -2.30. The van der Waals surface area contributed by atoms with E-state index in [1.165, 1.54) is 0 Å². The van der Waals surface area contributed by atoms with Gasteiger partial charge < -0.3 is 4.90 Å². The largest absolute Gasteiger partial charge is 0.339 e. The van der Waals surface area contributed by atoms with Gasteiger partial charge in [-0.05, 0) is 57.9 Å². The first-order valence-corrected chi connectivity index (χ1v) is 8.58. The average molecular weight is 325 g/mol. The Morgan fingerprint density at radius 3 is 2.46 bits per heavy atom. The number of fused-ring (bicyclic) bond motifs is 1. The molecule has 126 valence electrons. The third kappa shape index (κ3) is 2.75. The first kappa shape index (κ1) is 16.4. The number of aromatic nitrogens is 2. The van der Waals surface area contributed by atoms with Crippen LogP contribution in [0, 0.1) is 6.92 Å². The number of nitrogens with zero attached hydrogens (tertiary/aromatic N) is 3. The Balaban J connectivity index is 1.94. The maximum atomic E-state index is 12.4. The Labute approximate surface area is 142 Å². The fourth-order valence-electron chi connectivity index (χ4n) is 3.36. The van der Waals surface area contributed by atoms with Crippen molar-refractivity contribution in [1.82, 2.24) is 14.7 Å². The summed E-state index contributed by atoms with van der Waals surface area (Å²) in [5.74, 6) is 0.230. The molecule has 0 saturated carbocycles. The summed E-state index contributed by atoms with van der Waals surface area (Å²) in [5, 5.41) is 4.56. The van der Waals surface area contributed by atoms with Crippen LogP contribution in [-0.2, 0) is 6.42 Å². The number of aryl methyl sites for hydroxylation is 1. The highest BCUT2D eigenvalue weighted by Crippen LogP contribution is 2.26. The smallest absolute Gasteiger partial charge is 0.253 e. The Kier molecular flexibility index (Phi) is 4.51. The fourth-order valence-corrected chi connectivity index (χ4v) is 3.36. The molecule has 5 heteroatoms. The quantitative estimate of drug-likeness (QED) is 0.867. The lowest BCUT2D eigenvalue weighted by atomic mass is 9.94. The standard InChI is InChI=1S/C19H23N3O2/c1-4-21(5-2)19(24)14-9-11-15(12-10-14)22-16-7-6-8-17(23)18(16)13(3)20-22/h9-12H,4-8H2,1-3H3. The van der Waals surface area contributed by atoms with Gasteiger partial charge in [0.2, 0.25) is 0 Å². The summed E-state index contributed by atoms with van der Waals surface area (Å²) in [6.07, 6.45) is 2.34. The van der Waals surface area contributed by atoms with E-state index in [1.54, 1.807) is 4.90 Å². The molecule has 24 heavy (non-hydrogen) atoms. The highest BCUT2D eigenvalue weighted by molar-refractivity contribution is 5.99. The number of amides is 1. The minimum Gasteiger partial charge on any atom is -0.339 e. The zero-order chi connectivity index (χ0) is 17.3. The van der Waals surface area contributed by atoms with Crippen molar-refractivity contribution < 1.29 is 9.59 Å². The maximum Gasteiger partial charge on any atom is 0.253 e. The molecule has 1 amide bonds. The summed E-state index contributed by atoms with van der Waals surface area (Å²) in [7, 11) is 0. The molecule has 0 bridgehead atoms. The molecular formula is C19H23N3O2. The normalized spacial score (nSPS) is 13.7. The molecule has 3 rings (SSSR count). The fraction of sp³-hybridized carbons (Fsp3) is 0.421. The average Bonchev–Trinajstić information content (AvgIpc) is 2.94. The maximum absolute atomic E-state index is 12.4. The van der Waals surface area contributed by atoms with E-state index in [0.29, 0.717) is 25.1 Å². The van der Waals surface area contributed by atoms with E-state index in [0.717, 1.165) is 35.5 Å². The number of hydrogen-bond acceptors (Lipinski definition) is 3. The topological polar surface area (TPSA) is 55.2 Å². The van der Waals surface area contributed by atoms with Crippen molar-refractivity contribution in [2.45, 2.75) is 40.0 Å². The summed E-state index contributed by atoms with van der Waals surface area (Å²) in [5.41, 5.74) is 4.13. The molecule has 1 aliphatic carbocycles. The van der Waals surface area contributed by atoms with Crippen molar-refractivity contribution in [3.05, 3.63) is 46.8 Å². The molecule has 0 N–H and O–H groups in total. The van der Waals surface area contributed by atoms with E-state index in [4.69, 9.17) is 0 Å². The van der Waals surface area contributed by atoms with Crippen molar-refractivity contribution in [2.75, 3.05) is 13.1 Å². The Morgan fingerprint density at radius 2 is 1.83 bits per heavy atom. The summed E-state index contributed by atoms with van der Waals surface area (Å²) in [6, 6.07) is 7.49. The highest BCUT2D eigenvalue weighted by atomic mass is 16.2. The number of carbonyl (C=O) groups is 2. The van der Waals surface area contributed by atoms with Gasteiger partial charge in [-0.1, -0.05) is 0 Å². The van der Waals surface area contributed by atoms with Crippen molar-refractivity contribution in [2.24, 2.45) is 0 Å². The highest BCUT2D eigenvalue weighted by Gasteiger charge is 2.25. The van der Waals surface area contributed by atoms with Gasteiger partial charge in [-0.25, -0.2) is 4.68 Å². The Hall–Kier alpha value is -2.43. The van der Waals surface area contributed by atoms with Crippen LogP contribution in [0.2, 0.25) is 0 Å². The van der Waals surface area contributed by atoms with Gasteiger partial charge in [0, 0.05) is 25.1 Å². The summed E-state index contributed by atoms with van der Waals surface area (Å²) < 4.78 is 1.85. The van der Waals surface area contributed by atoms with Crippen LogP contribution in [0.5, 0.6) is 0 Å². The van der Waals surface area contributed by atoms with Gasteiger partial charge in [-0.2, -0.15) is 5.10 Å². The van der Waals surface area contributed by atoms with E-state index >= 15 is 0 Å². The van der Waals surface area contributed by atoms with Gasteiger partial charge in [-0.15, -0.1) is 0 Å². The van der Waals surface area contributed by atoms with Crippen LogP contribution in [0.4, 0.5) is 0 Å². The molecule has 0 unspecified atom stereocenters. The second-order valence-electron chi connectivity index (χ2n) is 6.12. The molecule has 5 nitrogen and oxygen atoms in total. The third-order valence-electron chi connectivity index (χ3n) is 4.66. The molecule has 0 fully saturated rings. The van der Waals surface area contributed by atoms with Crippen LogP contribution < -0.4 is 0 Å². The van der Waals surface area contributed by atoms with E-state index in [-0.39, 0.29) is 11.7 Å². The van der Waals surface area contributed by atoms with E-state index in [2.05, 4.69) is 5.10 Å². The summed E-state index contributed by atoms with van der Waals surface area (Å²) in [6.45, 7) is 7.24. The SMILES string of the molecule is CCN(CC)C(=O)c1ccc(-n2nc(C)c3c2CCCC3=O)cc1. The molecule has 2 aromatic rings. The molecule has 1 heterocycles. The van der Waals surface area contributed by atoms with Crippen LogP contribution in [0.25, 0.3) is 5.69 Å². The Bertz CT molecular complexity index is 771. The van der Waals surface area contributed by atoms with Crippen LogP contribution >= 0.6 is 0 Å². The van der Waals surface area contributed by atoms with E-state index < -0.39 is 0 Å². The van der Waals surface area contributed by atoms with Crippen molar-refractivity contribution >= 4 is 11.7 Å². The zero-order valence-electron chi connectivity index (χ0n) is 14.5. The lowest BCUT2D eigenvalue weighted by molar-refractivity contribution is 0.0772. The second kappa shape index (κ2) is 6.59. The molecule has 1 aromatic heterocycles. The monoisotopic (exact) mass is 325 g/mol. The number of Topliss-reactive ketones (excluding diaryl/α,β-unsaturated/α-hetero) is 1. The molecule has 0 radical (unpaired) electrons. The van der Waals surface area contributed by atoms with Gasteiger partial charge >= 0.3 is 0 Å². The predicted octanol–water partition coefficient (Wildman–Crippen LogP) is 3.18. The van der Waals surface area contributed by atoms with Gasteiger partial charge in [0.25, 0.3) is 5.91 Å².